The Morgan fingerprint density at radius 3 is 2.27 bits per heavy atom. The highest BCUT2D eigenvalue weighted by atomic mass is 19.4. The van der Waals surface area contributed by atoms with Crippen LogP contribution in [-0.2, 0) is 14.3 Å². The van der Waals surface area contributed by atoms with Crippen LogP contribution in [0.15, 0.2) is 0 Å². The second-order valence-corrected chi connectivity index (χ2v) is 1.74. The zero-order valence-electron chi connectivity index (χ0n) is 5.51. The molecule has 0 aromatic carbocycles. The zero-order chi connectivity index (χ0) is 9.07. The van der Waals surface area contributed by atoms with Gasteiger partial charge in [0.15, 0.2) is 12.4 Å². The molecule has 0 aromatic heterocycles. The molecule has 0 heterocycles. The van der Waals surface area contributed by atoms with Crippen molar-refractivity contribution in [2.75, 3.05) is 0 Å². The van der Waals surface area contributed by atoms with Gasteiger partial charge in [0.2, 0.25) is 0 Å². The number of ether oxygens (including phenoxy) is 1. The van der Waals surface area contributed by atoms with Crippen LogP contribution in [0.25, 0.3) is 0 Å². The molecule has 0 aliphatic rings. The van der Waals surface area contributed by atoms with E-state index < -0.39 is 18.2 Å². The van der Waals surface area contributed by atoms with E-state index in [1.165, 1.54) is 0 Å². The summed E-state index contributed by atoms with van der Waals surface area (Å²) in [5.74, 6) is -2.35. The summed E-state index contributed by atoms with van der Waals surface area (Å²) in [6.45, 7) is 1.04. The van der Waals surface area contributed by atoms with E-state index in [9.17, 15) is 22.8 Å². The smallest absolute Gasteiger partial charge is 0.448 e. The summed E-state index contributed by atoms with van der Waals surface area (Å²) in [6, 6.07) is 0. The van der Waals surface area contributed by atoms with Gasteiger partial charge in [-0.3, -0.25) is 4.79 Å². The Morgan fingerprint density at radius 1 is 1.55 bits per heavy atom. The van der Waals surface area contributed by atoms with Crippen LogP contribution in [-0.4, -0.2) is 24.5 Å². The molecule has 3 nitrogen and oxygen atoms in total. The zero-order valence-corrected chi connectivity index (χ0v) is 5.51. The van der Waals surface area contributed by atoms with Crippen LogP contribution in [0.3, 0.4) is 0 Å². The minimum Gasteiger partial charge on any atom is -0.448 e. The molecule has 64 valence electrons. The van der Waals surface area contributed by atoms with Crippen molar-refractivity contribution in [1.29, 1.82) is 0 Å². The van der Waals surface area contributed by atoms with Crippen molar-refractivity contribution in [1.82, 2.24) is 0 Å². The molecule has 6 heteroatoms. The number of aldehydes is 1. The predicted octanol–water partition coefficient (Wildman–Crippen LogP) is 0.679. The number of rotatable bonds is 2. The Bertz CT molecular complexity index is 163. The number of alkyl halides is 3. The summed E-state index contributed by atoms with van der Waals surface area (Å²) in [4.78, 5) is 19.7. The van der Waals surface area contributed by atoms with Gasteiger partial charge in [0, 0.05) is 0 Å². The van der Waals surface area contributed by atoms with Crippen molar-refractivity contribution < 1.29 is 27.5 Å². The Hall–Kier alpha value is -1.07. The highest BCUT2D eigenvalue weighted by molar-refractivity contribution is 5.77. The van der Waals surface area contributed by atoms with Gasteiger partial charge in [-0.05, 0) is 6.92 Å². The van der Waals surface area contributed by atoms with Crippen LogP contribution in [0.1, 0.15) is 6.92 Å². The number of hydrogen-bond acceptors (Lipinski definition) is 3. The predicted molar refractivity (Wildman–Crippen MR) is 27.7 cm³/mol. The summed E-state index contributed by atoms with van der Waals surface area (Å²) in [5.41, 5.74) is 0. The number of carbonyl (C=O) groups is 2. The number of carbonyl (C=O) groups excluding carboxylic acids is 2. The quantitative estimate of drug-likeness (QED) is 0.452. The molecular formula is C5H5F3O3. The maximum atomic E-state index is 11.4. The first-order chi connectivity index (χ1) is 4.88. The number of halogens is 3. The highest BCUT2D eigenvalue weighted by Crippen LogP contribution is 2.16. The first-order valence-corrected chi connectivity index (χ1v) is 2.61. The Kier molecular flexibility index (Phi) is 3.03. The molecule has 0 aromatic rings. The van der Waals surface area contributed by atoms with Crippen LogP contribution >= 0.6 is 0 Å². The molecule has 0 fully saturated rings. The Balaban J connectivity index is 3.98. The van der Waals surface area contributed by atoms with E-state index in [0.29, 0.717) is 0 Å². The summed E-state index contributed by atoms with van der Waals surface area (Å²) in [7, 11) is 0. The normalized spacial score (nSPS) is 13.8. The molecule has 0 spiro atoms. The van der Waals surface area contributed by atoms with E-state index in [2.05, 4.69) is 4.74 Å². The third-order valence-electron chi connectivity index (χ3n) is 0.716. The summed E-state index contributed by atoms with van der Waals surface area (Å²) < 4.78 is 37.7. The first kappa shape index (κ1) is 9.93. The summed E-state index contributed by atoms with van der Waals surface area (Å²) in [5, 5.41) is 0. The fourth-order valence-corrected chi connectivity index (χ4v) is 0.263. The van der Waals surface area contributed by atoms with Crippen molar-refractivity contribution in [2.24, 2.45) is 0 Å². The van der Waals surface area contributed by atoms with E-state index >= 15 is 0 Å². The topological polar surface area (TPSA) is 43.4 Å². The van der Waals surface area contributed by atoms with Gasteiger partial charge < -0.3 is 4.74 Å². The minimum atomic E-state index is -5.03. The molecule has 0 aliphatic carbocycles. The van der Waals surface area contributed by atoms with E-state index in [1.807, 2.05) is 0 Å². The summed E-state index contributed by atoms with van der Waals surface area (Å²) in [6.07, 6.45) is -6.29. The van der Waals surface area contributed by atoms with E-state index in [4.69, 9.17) is 0 Å². The van der Waals surface area contributed by atoms with E-state index in [1.54, 1.807) is 0 Å². The van der Waals surface area contributed by atoms with Gasteiger partial charge in [-0.2, -0.15) is 13.2 Å². The van der Waals surface area contributed by atoms with Crippen molar-refractivity contribution in [3.63, 3.8) is 0 Å². The maximum absolute atomic E-state index is 11.4. The van der Waals surface area contributed by atoms with Crippen molar-refractivity contribution in [2.45, 2.75) is 19.2 Å². The van der Waals surface area contributed by atoms with Gasteiger partial charge in [-0.15, -0.1) is 0 Å². The second-order valence-electron chi connectivity index (χ2n) is 1.74. The first-order valence-electron chi connectivity index (χ1n) is 2.61. The molecule has 0 radical (unpaired) electrons. The lowest BCUT2D eigenvalue weighted by Crippen LogP contribution is -2.29. The van der Waals surface area contributed by atoms with E-state index in [0.717, 1.165) is 6.92 Å². The molecule has 0 aliphatic heterocycles. The van der Waals surface area contributed by atoms with Crippen LogP contribution in [0, 0.1) is 0 Å². The van der Waals surface area contributed by atoms with Gasteiger partial charge >= 0.3 is 12.1 Å². The fourth-order valence-electron chi connectivity index (χ4n) is 0.263. The van der Waals surface area contributed by atoms with Crippen molar-refractivity contribution >= 4 is 12.3 Å². The van der Waals surface area contributed by atoms with Crippen LogP contribution in [0.2, 0.25) is 0 Å². The lowest BCUT2D eigenvalue weighted by atomic mass is 10.4. The minimum absolute atomic E-state index is 0.101. The van der Waals surface area contributed by atoms with Crippen LogP contribution in [0.5, 0.6) is 0 Å². The monoisotopic (exact) mass is 170 g/mol. The highest BCUT2D eigenvalue weighted by Gasteiger charge is 2.41. The standard InChI is InChI=1S/C5H5F3O3/c1-3(2-9)11-4(10)5(6,7)8/h2-3H,1H3. The Labute approximate surface area is 60.1 Å². The van der Waals surface area contributed by atoms with Crippen LogP contribution in [0.4, 0.5) is 13.2 Å². The van der Waals surface area contributed by atoms with Crippen molar-refractivity contribution in [3.05, 3.63) is 0 Å². The Morgan fingerprint density at radius 2 is 2.00 bits per heavy atom. The molecule has 0 saturated carbocycles. The molecule has 11 heavy (non-hydrogen) atoms. The largest absolute Gasteiger partial charge is 0.490 e. The van der Waals surface area contributed by atoms with Gasteiger partial charge in [0.05, 0.1) is 0 Å². The van der Waals surface area contributed by atoms with Crippen LogP contribution < -0.4 is 0 Å². The van der Waals surface area contributed by atoms with Gasteiger partial charge in [0.25, 0.3) is 0 Å². The summed E-state index contributed by atoms with van der Waals surface area (Å²) >= 11 is 0. The SMILES string of the molecule is CC(C=O)OC(=O)C(F)(F)F. The van der Waals surface area contributed by atoms with Gasteiger partial charge in [-0.1, -0.05) is 0 Å². The molecule has 0 N–H and O–H groups in total. The number of hydrogen-bond donors (Lipinski definition) is 0. The third kappa shape index (κ3) is 3.59. The van der Waals surface area contributed by atoms with Crippen molar-refractivity contribution in [3.8, 4) is 0 Å². The molecule has 0 bridgehead atoms. The average Bonchev–Trinajstić information content (AvgIpc) is 1.85. The fraction of sp³-hybridized carbons (Fsp3) is 0.600. The molecule has 1 atom stereocenters. The third-order valence-corrected chi connectivity index (χ3v) is 0.716. The average molecular weight is 170 g/mol. The lowest BCUT2D eigenvalue weighted by Gasteiger charge is -2.08. The maximum Gasteiger partial charge on any atom is 0.490 e. The van der Waals surface area contributed by atoms with Gasteiger partial charge in [-0.25, -0.2) is 4.79 Å². The second kappa shape index (κ2) is 3.36. The molecular weight excluding hydrogens is 165 g/mol. The molecule has 1 unspecified atom stereocenters. The van der Waals surface area contributed by atoms with E-state index in [-0.39, 0.29) is 6.29 Å². The molecule has 0 rings (SSSR count). The molecule has 0 amide bonds. The van der Waals surface area contributed by atoms with Gasteiger partial charge in [0.1, 0.15) is 0 Å². The lowest BCUT2D eigenvalue weighted by molar-refractivity contribution is -0.203. The number of esters is 1. The molecule has 0 saturated heterocycles.